The van der Waals surface area contributed by atoms with E-state index < -0.39 is 23.7 Å². The summed E-state index contributed by atoms with van der Waals surface area (Å²) in [6.07, 6.45) is 0.439. The van der Waals surface area contributed by atoms with E-state index in [4.69, 9.17) is 0 Å². The zero-order valence-electron chi connectivity index (χ0n) is 22.2. The van der Waals surface area contributed by atoms with Crippen molar-refractivity contribution in [2.75, 3.05) is 17.0 Å². The van der Waals surface area contributed by atoms with Gasteiger partial charge in [0.15, 0.2) is 0 Å². The second-order valence-electron chi connectivity index (χ2n) is 8.32. The zero-order valence-corrected chi connectivity index (χ0v) is 22.9. The predicted molar refractivity (Wildman–Crippen MR) is 152 cm³/mol. The number of halogens is 4. The topological polar surface area (TPSA) is 139 Å². The number of quaternary nitrogens is 1. The van der Waals surface area contributed by atoms with E-state index in [1.54, 1.807) is 18.3 Å². The van der Waals surface area contributed by atoms with Gasteiger partial charge in [0, 0.05) is 24.3 Å². The Morgan fingerprint density at radius 2 is 1.44 bits per heavy atom. The van der Waals surface area contributed by atoms with Gasteiger partial charge in [-0.2, -0.15) is 13.2 Å². The van der Waals surface area contributed by atoms with Crippen LogP contribution in [-0.4, -0.2) is 33.5 Å². The Balaban J connectivity index is 0.000000561. The first-order chi connectivity index (χ1) is 19.5. The highest BCUT2D eigenvalue weighted by Crippen LogP contribution is 2.37. The second-order valence-corrected chi connectivity index (χ2v) is 8.32. The molecule has 216 valence electrons. The lowest BCUT2D eigenvalue weighted by Gasteiger charge is -2.18. The molecule has 0 spiro atoms. The average Bonchev–Trinajstić information content (AvgIpc) is 2.95. The quantitative estimate of drug-likeness (QED) is 0.153. The predicted octanol–water partition coefficient (Wildman–Crippen LogP) is 6.58. The van der Waals surface area contributed by atoms with Gasteiger partial charge in [0.2, 0.25) is 0 Å². The van der Waals surface area contributed by atoms with Crippen molar-refractivity contribution in [3.8, 4) is 0 Å². The first-order valence-corrected chi connectivity index (χ1v) is 12.7. The zero-order chi connectivity index (χ0) is 30.6. The fraction of sp³-hybridized carbons (Fsp3) is 0.138. The van der Waals surface area contributed by atoms with Gasteiger partial charge in [-0.25, -0.2) is 9.59 Å². The summed E-state index contributed by atoms with van der Waals surface area (Å²) in [4.78, 5) is 27.0. The number of aromatic nitrogens is 1. The summed E-state index contributed by atoms with van der Waals surface area (Å²) in [5.74, 6) is -2.48. The van der Waals surface area contributed by atoms with Crippen LogP contribution in [-0.2, 0) is 12.7 Å². The van der Waals surface area contributed by atoms with Crippen molar-refractivity contribution in [1.82, 2.24) is 4.98 Å². The Bertz CT molecular complexity index is 1470. The molecule has 41 heavy (non-hydrogen) atoms. The molecule has 0 amide bonds. The van der Waals surface area contributed by atoms with Gasteiger partial charge in [0.25, 0.3) is 0 Å². The number of hydrogen-bond donors (Lipinski definition) is 5. The molecule has 7 N–H and O–H groups in total. The van der Waals surface area contributed by atoms with E-state index in [1.807, 2.05) is 25.3 Å². The summed E-state index contributed by atoms with van der Waals surface area (Å²) >= 11 is 4.64. The van der Waals surface area contributed by atoms with Crippen LogP contribution in [0.15, 0.2) is 85.2 Å². The van der Waals surface area contributed by atoms with Gasteiger partial charge in [-0.3, -0.25) is 4.98 Å². The average molecular weight is 590 g/mol. The molecule has 1 aromatic heterocycles. The first-order valence-electron chi connectivity index (χ1n) is 12.0. The Labute approximate surface area is 239 Å². The Hall–Kier alpha value is -4.61. The van der Waals surface area contributed by atoms with Crippen LogP contribution >= 0.6 is 11.6 Å². The van der Waals surface area contributed by atoms with Gasteiger partial charge in [-0.05, 0) is 61.0 Å². The van der Waals surface area contributed by atoms with E-state index in [9.17, 15) is 33.0 Å². The van der Waals surface area contributed by atoms with Crippen LogP contribution < -0.4 is 16.4 Å². The van der Waals surface area contributed by atoms with Gasteiger partial charge >= 0.3 is 18.1 Å². The van der Waals surface area contributed by atoms with Crippen LogP contribution in [0.3, 0.4) is 0 Å². The van der Waals surface area contributed by atoms with Crippen LogP contribution in [0.25, 0.3) is 0 Å². The lowest BCUT2D eigenvalue weighted by Crippen LogP contribution is -2.47. The second kappa shape index (κ2) is 15.2. The monoisotopic (exact) mass is 589 g/mol. The van der Waals surface area contributed by atoms with Gasteiger partial charge in [-0.15, -0.1) is 11.6 Å². The van der Waals surface area contributed by atoms with E-state index in [0.29, 0.717) is 12.1 Å². The van der Waals surface area contributed by atoms with Gasteiger partial charge in [-0.1, -0.05) is 24.3 Å². The number of benzene rings is 3. The maximum Gasteiger partial charge on any atom is 0.416 e. The number of rotatable bonds is 7. The van der Waals surface area contributed by atoms with E-state index in [0.717, 1.165) is 18.2 Å². The highest BCUT2D eigenvalue weighted by molar-refractivity contribution is 6.15. The molecule has 0 saturated heterocycles. The number of nitrogens with zero attached hydrogens (tertiary/aromatic N) is 1. The van der Waals surface area contributed by atoms with Crippen LogP contribution in [0, 0.1) is 6.92 Å². The fourth-order valence-corrected chi connectivity index (χ4v) is 3.48. The molecule has 3 aromatic carbocycles. The minimum atomic E-state index is -4.64. The van der Waals surface area contributed by atoms with E-state index in [1.165, 1.54) is 42.3 Å². The highest BCUT2D eigenvalue weighted by atomic mass is 35.5. The molecule has 0 saturated carbocycles. The molecular formula is C29H29ClF3N4O4+. The van der Waals surface area contributed by atoms with Gasteiger partial charge < -0.3 is 26.6 Å². The molecule has 1 heterocycles. The number of nitrogens with one attached hydrogen (secondary N) is 2. The molecule has 0 fully saturated rings. The summed E-state index contributed by atoms with van der Waals surface area (Å²) in [5.41, 5.74) is 4.66. The first kappa shape index (κ1) is 32.6. The molecule has 8 nitrogen and oxygen atoms in total. The highest BCUT2D eigenvalue weighted by Gasteiger charge is 2.31. The van der Waals surface area contributed by atoms with Crippen LogP contribution in [0.2, 0.25) is 0 Å². The molecule has 4 rings (SSSR count). The minimum absolute atomic E-state index is 0.0728. The third-order valence-electron chi connectivity index (χ3n) is 5.46. The maximum atomic E-state index is 13.3. The number of anilines is 4. The molecule has 0 aliphatic carbocycles. The Kier molecular flexibility index (Phi) is 12.1. The van der Waals surface area contributed by atoms with Crippen molar-refractivity contribution in [2.45, 2.75) is 19.6 Å². The molecule has 0 bridgehead atoms. The number of carbonyl (C=O) groups is 2. The minimum Gasteiger partial charge on any atom is -0.478 e. The number of hydrogen-bond acceptors (Lipinski definition) is 5. The van der Waals surface area contributed by atoms with Crippen molar-refractivity contribution in [2.24, 2.45) is 0 Å². The summed E-state index contributed by atoms with van der Waals surface area (Å²) < 4.78 is 39.9. The molecule has 0 aliphatic rings. The normalized spacial score (nSPS) is 10.3. The SMILES string of the molecule is CCl.Cc1cccnc1.[NH3+]Cc1ccc(Nc2cc(C(F)(F)F)ccc2Nc2ccccc2C(=O)O)c(C(=O)O)c1. The maximum absolute atomic E-state index is 13.3. The number of aryl methyl sites for hydroxylation is 1. The summed E-state index contributed by atoms with van der Waals surface area (Å²) in [7, 11) is 0. The lowest BCUT2D eigenvalue weighted by atomic mass is 10.1. The smallest absolute Gasteiger partial charge is 0.416 e. The standard InChI is InChI=1S/C22H18F3N3O4.C6H7N.CH3Cl/c23-22(24,25)13-6-8-18(27-16-4-2-1-3-14(16)20(29)30)19(10-13)28-17-7-5-12(11-26)9-15(17)21(31)32;1-6-3-2-4-7-5-6;1-2/h1-10,27-28H,11,26H2,(H,29,30)(H,31,32);2-5H,1H3;1H3/p+1. The molecule has 12 heteroatoms. The molecule has 4 aromatic rings. The number of aromatic carboxylic acids is 2. The molecule has 0 aliphatic heterocycles. The van der Waals surface area contributed by atoms with Crippen LogP contribution in [0.5, 0.6) is 0 Å². The molecular weight excluding hydrogens is 561 g/mol. The van der Waals surface area contributed by atoms with Crippen LogP contribution in [0.1, 0.15) is 37.4 Å². The number of carboxylic acid groups (broad SMARTS) is 2. The number of pyridine rings is 1. The summed E-state index contributed by atoms with van der Waals surface area (Å²) in [5, 5.41) is 24.5. The Morgan fingerprint density at radius 3 is 1.98 bits per heavy atom. The number of carboxylic acids is 2. The third kappa shape index (κ3) is 9.52. The van der Waals surface area contributed by atoms with Crippen LogP contribution in [0.4, 0.5) is 35.9 Å². The van der Waals surface area contributed by atoms with E-state index in [-0.39, 0.29) is 33.9 Å². The van der Waals surface area contributed by atoms with Crippen molar-refractivity contribution in [3.63, 3.8) is 0 Å². The van der Waals surface area contributed by atoms with E-state index >= 15 is 0 Å². The largest absolute Gasteiger partial charge is 0.478 e. The lowest BCUT2D eigenvalue weighted by molar-refractivity contribution is -0.386. The molecule has 0 radical (unpaired) electrons. The van der Waals surface area contributed by atoms with Gasteiger partial charge in [0.1, 0.15) is 0 Å². The third-order valence-corrected chi connectivity index (χ3v) is 5.46. The van der Waals surface area contributed by atoms with Crippen molar-refractivity contribution in [1.29, 1.82) is 0 Å². The molecule has 0 atom stereocenters. The number of alkyl halides is 4. The fourth-order valence-electron chi connectivity index (χ4n) is 3.48. The van der Waals surface area contributed by atoms with Crippen molar-refractivity contribution < 1.29 is 38.7 Å². The van der Waals surface area contributed by atoms with Crippen molar-refractivity contribution >= 4 is 46.3 Å². The molecule has 0 unspecified atom stereocenters. The summed E-state index contributed by atoms with van der Waals surface area (Å²) in [6.45, 7) is 2.36. The summed E-state index contributed by atoms with van der Waals surface area (Å²) in [6, 6.07) is 17.1. The Morgan fingerprint density at radius 1 is 0.829 bits per heavy atom. The van der Waals surface area contributed by atoms with E-state index in [2.05, 4.69) is 33.0 Å². The van der Waals surface area contributed by atoms with Crippen molar-refractivity contribution in [3.05, 3.63) is 113 Å². The number of para-hydroxylation sites is 1. The van der Waals surface area contributed by atoms with Gasteiger partial charge in [0.05, 0.1) is 46.0 Å².